The van der Waals surface area contributed by atoms with Crippen LogP contribution < -0.4 is 10.6 Å². The van der Waals surface area contributed by atoms with Gasteiger partial charge in [-0.2, -0.15) is 10.2 Å². The predicted octanol–water partition coefficient (Wildman–Crippen LogP) is 7.12. The number of likely N-dealkylation sites (tertiary alicyclic amines) is 2. The summed E-state index contributed by atoms with van der Waals surface area (Å²) in [5.41, 5.74) is 4.78. The first-order valence-corrected chi connectivity index (χ1v) is 25.2. The fourth-order valence-corrected chi connectivity index (χ4v) is 9.81. The van der Waals surface area contributed by atoms with Gasteiger partial charge in [0.15, 0.2) is 11.3 Å². The number of fused-ring (bicyclic) bond motifs is 2. The van der Waals surface area contributed by atoms with Crippen molar-refractivity contribution in [1.82, 2.24) is 50.0 Å². The molecule has 7 heterocycles. The summed E-state index contributed by atoms with van der Waals surface area (Å²) in [5, 5.41) is 18.0. The van der Waals surface area contributed by atoms with E-state index in [-0.39, 0.29) is 59.3 Å². The molecule has 5 fully saturated rings. The van der Waals surface area contributed by atoms with Gasteiger partial charge >= 0.3 is 0 Å². The highest BCUT2D eigenvalue weighted by Crippen LogP contribution is 2.34. The molecule has 4 amide bonds. The van der Waals surface area contributed by atoms with Crippen LogP contribution in [0.5, 0.6) is 0 Å². The maximum Gasteiger partial charge on any atom is 0.229 e. The minimum atomic E-state index is -0.156. The molecule has 3 saturated heterocycles. The average Bonchev–Trinajstić information content (AvgIpc) is 4.34. The molecule has 5 aliphatic rings. The normalized spacial score (nSPS) is 21.1. The van der Waals surface area contributed by atoms with E-state index in [0.717, 1.165) is 129 Å². The van der Waals surface area contributed by atoms with Crippen molar-refractivity contribution in [3.8, 4) is 0 Å². The number of aromatic nitrogens is 6. The number of carbonyl (C=O) groups is 4. The highest BCUT2D eigenvalue weighted by Gasteiger charge is 2.34. The van der Waals surface area contributed by atoms with Gasteiger partial charge in [0.1, 0.15) is 0 Å². The minimum Gasteiger partial charge on any atom is -0.378 e. The second kappa shape index (κ2) is 22.9. The zero-order valence-electron chi connectivity index (χ0n) is 39.8. The number of pyridine rings is 2. The third-order valence-electron chi connectivity index (χ3n) is 13.8. The number of nitrogens with one attached hydrogen (secondary N) is 2. The smallest absolute Gasteiger partial charge is 0.229 e. The molecule has 15 nitrogen and oxygen atoms in total. The first-order chi connectivity index (χ1) is 32.8. The molecule has 4 unspecified atom stereocenters. The third-order valence-corrected chi connectivity index (χ3v) is 13.8. The van der Waals surface area contributed by atoms with Crippen LogP contribution in [0.3, 0.4) is 0 Å². The minimum absolute atomic E-state index is 0.0757. The topological polar surface area (TPSA) is 169 Å². The molecule has 67 heavy (non-hydrogen) atoms. The second-order valence-electron chi connectivity index (χ2n) is 18.7. The van der Waals surface area contributed by atoms with Gasteiger partial charge in [-0.1, -0.05) is 44.2 Å². The number of amides is 4. The molecule has 5 aromatic rings. The monoisotopic (exact) mass is 915 g/mol. The van der Waals surface area contributed by atoms with Crippen LogP contribution in [0, 0.1) is 11.8 Å². The van der Waals surface area contributed by atoms with E-state index in [4.69, 9.17) is 14.9 Å². The molecule has 4 atom stereocenters. The van der Waals surface area contributed by atoms with E-state index in [1.165, 1.54) is 0 Å². The number of rotatable bonds is 14. The summed E-state index contributed by atoms with van der Waals surface area (Å²) in [6, 6.07) is 18.0. The maximum atomic E-state index is 13.3. The Morgan fingerprint density at radius 3 is 1.72 bits per heavy atom. The SMILES string of the molecule is CC.CC(C(=O)N1CCCC(c2nn(CCNC(=O)C3CC3)c3ncccc23)C1)c1ccccc1.O=C(NCCn1nc(C2CCCN(C(=O)CC3CCCCO3)C2)c2cccnc21)C1CC1. The molecular formula is C52H70N10O5. The van der Waals surface area contributed by atoms with Crippen molar-refractivity contribution < 1.29 is 23.9 Å². The molecule has 0 radical (unpaired) electrons. The number of benzene rings is 1. The average molecular weight is 915 g/mol. The summed E-state index contributed by atoms with van der Waals surface area (Å²) >= 11 is 0. The van der Waals surface area contributed by atoms with Crippen LogP contribution in [0.1, 0.15) is 133 Å². The zero-order valence-corrected chi connectivity index (χ0v) is 39.8. The molecule has 2 aliphatic carbocycles. The maximum absolute atomic E-state index is 13.3. The van der Waals surface area contributed by atoms with Gasteiger partial charge in [-0.15, -0.1) is 0 Å². The van der Waals surface area contributed by atoms with Crippen LogP contribution in [0.25, 0.3) is 22.1 Å². The van der Waals surface area contributed by atoms with Crippen LogP contribution in [0.2, 0.25) is 0 Å². The number of ether oxygens (including phenoxy) is 1. The molecule has 2 N–H and O–H groups in total. The summed E-state index contributed by atoms with van der Waals surface area (Å²) < 4.78 is 9.60. The lowest BCUT2D eigenvalue weighted by atomic mass is 9.91. The van der Waals surface area contributed by atoms with Gasteiger partial charge in [0, 0.05) is 92.7 Å². The molecule has 358 valence electrons. The van der Waals surface area contributed by atoms with E-state index in [1.807, 2.05) is 82.4 Å². The first-order valence-electron chi connectivity index (χ1n) is 25.2. The molecule has 1 aromatic carbocycles. The molecule has 15 heteroatoms. The zero-order chi connectivity index (χ0) is 46.7. The lowest BCUT2D eigenvalue weighted by Gasteiger charge is -2.34. The summed E-state index contributed by atoms with van der Waals surface area (Å²) in [5.74, 6) is 1.32. The highest BCUT2D eigenvalue weighted by atomic mass is 16.5. The predicted molar refractivity (Wildman–Crippen MR) is 258 cm³/mol. The largest absolute Gasteiger partial charge is 0.378 e. The van der Waals surface area contributed by atoms with E-state index < -0.39 is 0 Å². The molecule has 0 spiro atoms. The van der Waals surface area contributed by atoms with Crippen molar-refractivity contribution in [2.45, 2.75) is 135 Å². The van der Waals surface area contributed by atoms with Crippen LogP contribution in [-0.2, 0) is 37.0 Å². The van der Waals surface area contributed by atoms with Gasteiger partial charge in [0.2, 0.25) is 23.6 Å². The molecular weight excluding hydrogens is 845 g/mol. The van der Waals surface area contributed by atoms with E-state index in [0.29, 0.717) is 45.7 Å². The van der Waals surface area contributed by atoms with Crippen molar-refractivity contribution in [2.75, 3.05) is 45.9 Å². The van der Waals surface area contributed by atoms with E-state index >= 15 is 0 Å². The van der Waals surface area contributed by atoms with Crippen molar-refractivity contribution in [1.29, 1.82) is 0 Å². The Kier molecular flexibility index (Phi) is 16.3. The number of carbonyl (C=O) groups excluding carboxylic acids is 4. The quantitative estimate of drug-likeness (QED) is 0.118. The van der Waals surface area contributed by atoms with Gasteiger partial charge < -0.3 is 25.2 Å². The van der Waals surface area contributed by atoms with Crippen molar-refractivity contribution in [3.05, 3.63) is 83.9 Å². The summed E-state index contributed by atoms with van der Waals surface area (Å²) in [7, 11) is 0. The Morgan fingerprint density at radius 1 is 0.657 bits per heavy atom. The van der Waals surface area contributed by atoms with Gasteiger partial charge in [0.25, 0.3) is 0 Å². The van der Waals surface area contributed by atoms with E-state index in [1.54, 1.807) is 12.4 Å². The van der Waals surface area contributed by atoms with E-state index in [2.05, 4.69) is 32.7 Å². The molecule has 10 rings (SSSR count). The van der Waals surface area contributed by atoms with E-state index in [9.17, 15) is 19.2 Å². The van der Waals surface area contributed by atoms with Gasteiger partial charge in [-0.05, 0) is 107 Å². The van der Waals surface area contributed by atoms with Crippen LogP contribution in [-0.4, -0.2) is 115 Å². The first kappa shape index (κ1) is 47.8. The van der Waals surface area contributed by atoms with Crippen molar-refractivity contribution >= 4 is 45.7 Å². The van der Waals surface area contributed by atoms with Crippen molar-refractivity contribution in [3.63, 3.8) is 0 Å². The number of hydrogen-bond donors (Lipinski definition) is 2. The molecule has 4 aromatic heterocycles. The fraction of sp³-hybridized carbons (Fsp3) is 0.577. The summed E-state index contributed by atoms with van der Waals surface area (Å²) in [6.45, 7) is 12.0. The second-order valence-corrected chi connectivity index (χ2v) is 18.7. The Balaban J connectivity index is 0.000000175. The van der Waals surface area contributed by atoms with Crippen LogP contribution in [0.4, 0.5) is 0 Å². The Bertz CT molecular complexity index is 2440. The van der Waals surface area contributed by atoms with Crippen LogP contribution >= 0.6 is 0 Å². The number of hydrogen-bond acceptors (Lipinski definition) is 9. The lowest BCUT2D eigenvalue weighted by molar-refractivity contribution is -0.136. The van der Waals surface area contributed by atoms with Gasteiger partial charge in [-0.25, -0.2) is 19.3 Å². The molecule has 0 bridgehead atoms. The lowest BCUT2D eigenvalue weighted by Crippen LogP contribution is -2.41. The number of piperidine rings is 2. The van der Waals surface area contributed by atoms with Crippen molar-refractivity contribution in [2.24, 2.45) is 11.8 Å². The molecule has 3 aliphatic heterocycles. The Morgan fingerprint density at radius 2 is 1.19 bits per heavy atom. The highest BCUT2D eigenvalue weighted by molar-refractivity contribution is 5.84. The summed E-state index contributed by atoms with van der Waals surface area (Å²) in [6.07, 6.45) is 15.4. The van der Waals surface area contributed by atoms with Crippen LogP contribution in [0.15, 0.2) is 67.0 Å². The van der Waals surface area contributed by atoms with Gasteiger partial charge in [-0.3, -0.25) is 19.2 Å². The standard InChI is InChI=1S/C26H31N5O2.C24H33N5O3.C2H6/c1-18(19-7-3-2-4-8-19)26(33)30-15-6-9-21(17-30)23-22-10-5-13-27-24(22)31(29-23)16-14-28-25(32)20-11-12-20;30-21(15-19-6-1-2-14-32-19)28-12-4-5-18(16-28)22-20-7-3-10-25-23(20)29(27-22)13-11-26-24(31)17-8-9-17;1-2/h2-5,7-8,10,13,18,20-21H,6,9,11-12,14-17H2,1H3,(H,28,32);3,7,10,17-19H,1-2,4-6,8-9,11-16H2,(H,26,31);1-2H3. The number of nitrogens with zero attached hydrogens (tertiary/aromatic N) is 8. The Hall–Kier alpha value is -5.70. The third kappa shape index (κ3) is 12.1. The van der Waals surface area contributed by atoms with Gasteiger partial charge in [0.05, 0.1) is 42.9 Å². The molecule has 2 saturated carbocycles. The Labute approximate surface area is 394 Å². The fourth-order valence-electron chi connectivity index (χ4n) is 9.81. The summed E-state index contributed by atoms with van der Waals surface area (Å²) in [4.78, 5) is 63.3.